The van der Waals surface area contributed by atoms with Crippen LogP contribution in [0.4, 0.5) is 5.13 Å². The number of aromatic nitrogens is 2. The molecule has 0 unspecified atom stereocenters. The van der Waals surface area contributed by atoms with Gasteiger partial charge in [-0.3, -0.25) is 20.4 Å². The molecule has 0 aromatic carbocycles. The van der Waals surface area contributed by atoms with Crippen LogP contribution in [0.3, 0.4) is 0 Å². The lowest BCUT2D eigenvalue weighted by atomic mass is 10.1. The first-order valence-corrected chi connectivity index (χ1v) is 10.1. The van der Waals surface area contributed by atoms with E-state index in [2.05, 4.69) is 20.8 Å². The predicted octanol–water partition coefficient (Wildman–Crippen LogP) is 1.18. The fourth-order valence-electron chi connectivity index (χ4n) is 3.00. The maximum atomic E-state index is 12.5. The number of hydrogen-bond acceptors (Lipinski definition) is 8. The Hall–Kier alpha value is -2.92. The van der Waals surface area contributed by atoms with E-state index in [1.807, 2.05) is 4.90 Å². The number of aromatic amines is 1. The fourth-order valence-corrected chi connectivity index (χ4v) is 3.85. The molecule has 0 atom stereocenters. The van der Waals surface area contributed by atoms with Crippen molar-refractivity contribution in [2.75, 3.05) is 37.8 Å². The van der Waals surface area contributed by atoms with Gasteiger partial charge in [0.15, 0.2) is 5.13 Å². The molecule has 156 valence electrons. The number of thiazole rings is 1. The number of rotatable bonds is 5. The zero-order valence-electron chi connectivity index (χ0n) is 16.5. The van der Waals surface area contributed by atoms with Crippen LogP contribution in [0.25, 0.3) is 0 Å². The Balaban J connectivity index is 1.62. The molecule has 3 heterocycles. The summed E-state index contributed by atoms with van der Waals surface area (Å²) in [4.78, 5) is 46.0. The number of hydrazine groups is 1. The Morgan fingerprint density at radius 1 is 1.24 bits per heavy atom. The Bertz CT molecular complexity index is 916. The average molecular weight is 421 g/mol. The second kappa shape index (κ2) is 9.05. The summed E-state index contributed by atoms with van der Waals surface area (Å²) in [7, 11) is 0. The van der Waals surface area contributed by atoms with Gasteiger partial charge in [0.05, 0.1) is 25.4 Å². The van der Waals surface area contributed by atoms with Crippen molar-refractivity contribution in [3.63, 3.8) is 0 Å². The molecule has 2 aromatic rings. The van der Waals surface area contributed by atoms with E-state index in [9.17, 15) is 14.4 Å². The quantitative estimate of drug-likeness (QED) is 0.489. The number of aryl methyl sites for hydroxylation is 1. The van der Waals surface area contributed by atoms with Gasteiger partial charge in [-0.05, 0) is 26.3 Å². The van der Waals surface area contributed by atoms with Crippen LogP contribution in [-0.2, 0) is 9.47 Å². The highest BCUT2D eigenvalue weighted by Gasteiger charge is 2.23. The normalized spacial score (nSPS) is 13.8. The third kappa shape index (κ3) is 4.57. The standard InChI is InChI=1S/C18H23N5O5S/c1-4-28-17(26)13-10(2)14(19-11(13)3)16(25)22-21-15(24)12-9-29-18(20-12)23-5-7-27-8-6-23/h9,19H,4-8H2,1-3H3,(H,21,24)(H,22,25). The van der Waals surface area contributed by atoms with Crippen LogP contribution in [0.2, 0.25) is 0 Å². The lowest BCUT2D eigenvalue weighted by Crippen LogP contribution is -2.42. The third-order valence-corrected chi connectivity index (χ3v) is 5.34. The van der Waals surface area contributed by atoms with Crippen molar-refractivity contribution in [2.24, 2.45) is 0 Å². The van der Waals surface area contributed by atoms with E-state index in [4.69, 9.17) is 9.47 Å². The Morgan fingerprint density at radius 2 is 1.93 bits per heavy atom. The van der Waals surface area contributed by atoms with Crippen LogP contribution in [0, 0.1) is 13.8 Å². The SMILES string of the molecule is CCOC(=O)c1c(C)[nH]c(C(=O)NNC(=O)c2csc(N3CCOCC3)n2)c1C. The lowest BCUT2D eigenvalue weighted by Gasteiger charge is -2.25. The highest BCUT2D eigenvalue weighted by molar-refractivity contribution is 7.13. The molecule has 2 aromatic heterocycles. The minimum absolute atomic E-state index is 0.179. The second-order valence-corrected chi connectivity index (χ2v) is 7.21. The molecular weight excluding hydrogens is 398 g/mol. The number of nitrogens with zero attached hydrogens (tertiary/aromatic N) is 2. The topological polar surface area (TPSA) is 126 Å². The van der Waals surface area contributed by atoms with Crippen molar-refractivity contribution in [1.82, 2.24) is 20.8 Å². The van der Waals surface area contributed by atoms with Gasteiger partial charge in [-0.2, -0.15) is 0 Å². The van der Waals surface area contributed by atoms with Gasteiger partial charge in [0, 0.05) is 24.2 Å². The van der Waals surface area contributed by atoms with E-state index in [0.29, 0.717) is 30.0 Å². The largest absolute Gasteiger partial charge is 0.462 e. The van der Waals surface area contributed by atoms with Crippen LogP contribution in [-0.4, -0.2) is 60.7 Å². The van der Waals surface area contributed by atoms with Crippen molar-refractivity contribution in [3.05, 3.63) is 33.6 Å². The molecule has 1 fully saturated rings. The fraction of sp³-hybridized carbons (Fsp3) is 0.444. The van der Waals surface area contributed by atoms with Gasteiger partial charge in [-0.1, -0.05) is 0 Å². The molecule has 29 heavy (non-hydrogen) atoms. The number of carbonyl (C=O) groups is 3. The number of anilines is 1. The van der Waals surface area contributed by atoms with Crippen molar-refractivity contribution in [1.29, 1.82) is 0 Å². The zero-order chi connectivity index (χ0) is 21.0. The molecule has 3 rings (SSSR count). The molecule has 1 aliphatic rings. The van der Waals surface area contributed by atoms with E-state index in [0.717, 1.165) is 18.2 Å². The van der Waals surface area contributed by atoms with Crippen LogP contribution < -0.4 is 15.8 Å². The highest BCUT2D eigenvalue weighted by Crippen LogP contribution is 2.21. The number of amides is 2. The van der Waals surface area contributed by atoms with Crippen molar-refractivity contribution >= 4 is 34.3 Å². The summed E-state index contributed by atoms with van der Waals surface area (Å²) in [5, 5.41) is 2.37. The molecule has 1 saturated heterocycles. The van der Waals surface area contributed by atoms with Crippen molar-refractivity contribution < 1.29 is 23.9 Å². The van der Waals surface area contributed by atoms with E-state index >= 15 is 0 Å². The summed E-state index contributed by atoms with van der Waals surface area (Å²) < 4.78 is 10.3. The van der Waals surface area contributed by atoms with Gasteiger partial charge >= 0.3 is 5.97 Å². The Morgan fingerprint density at radius 3 is 2.62 bits per heavy atom. The third-order valence-electron chi connectivity index (χ3n) is 4.44. The van der Waals surface area contributed by atoms with E-state index < -0.39 is 17.8 Å². The first-order chi connectivity index (χ1) is 13.9. The summed E-state index contributed by atoms with van der Waals surface area (Å²) >= 11 is 1.36. The van der Waals surface area contributed by atoms with Crippen LogP contribution in [0.1, 0.15) is 49.5 Å². The number of esters is 1. The summed E-state index contributed by atoms with van der Waals surface area (Å²) in [5.41, 5.74) is 6.38. The van der Waals surface area contributed by atoms with Crippen molar-refractivity contribution in [2.45, 2.75) is 20.8 Å². The Kier molecular flexibility index (Phi) is 6.49. The van der Waals surface area contributed by atoms with Gasteiger partial charge in [0.2, 0.25) is 0 Å². The number of nitrogens with one attached hydrogen (secondary N) is 3. The number of hydrogen-bond donors (Lipinski definition) is 3. The van der Waals surface area contributed by atoms with Crippen LogP contribution in [0.15, 0.2) is 5.38 Å². The van der Waals surface area contributed by atoms with Crippen molar-refractivity contribution in [3.8, 4) is 0 Å². The zero-order valence-corrected chi connectivity index (χ0v) is 17.3. The predicted molar refractivity (Wildman–Crippen MR) is 106 cm³/mol. The molecule has 3 N–H and O–H groups in total. The van der Waals surface area contributed by atoms with Gasteiger partial charge in [0.25, 0.3) is 11.8 Å². The summed E-state index contributed by atoms with van der Waals surface area (Å²) in [6.07, 6.45) is 0. The van der Waals surface area contributed by atoms with E-state index in [-0.39, 0.29) is 18.0 Å². The van der Waals surface area contributed by atoms with E-state index in [1.165, 1.54) is 11.3 Å². The maximum absolute atomic E-state index is 12.5. The average Bonchev–Trinajstić information content (AvgIpc) is 3.32. The first-order valence-electron chi connectivity index (χ1n) is 9.17. The first kappa shape index (κ1) is 20.8. The summed E-state index contributed by atoms with van der Waals surface area (Å²) in [5.74, 6) is -1.60. The molecule has 0 saturated carbocycles. The molecule has 1 aliphatic heterocycles. The lowest BCUT2D eigenvalue weighted by molar-refractivity contribution is 0.0524. The minimum Gasteiger partial charge on any atom is -0.462 e. The molecule has 0 radical (unpaired) electrons. The van der Waals surface area contributed by atoms with Gasteiger partial charge in [0.1, 0.15) is 11.4 Å². The highest BCUT2D eigenvalue weighted by atomic mass is 32.1. The summed E-state index contributed by atoms with van der Waals surface area (Å²) in [6.45, 7) is 7.96. The van der Waals surface area contributed by atoms with Crippen LogP contribution in [0.5, 0.6) is 0 Å². The minimum atomic E-state index is -0.571. The summed E-state index contributed by atoms with van der Waals surface area (Å²) in [6, 6.07) is 0. The molecule has 11 heteroatoms. The van der Waals surface area contributed by atoms with E-state index in [1.54, 1.807) is 26.2 Å². The molecule has 2 amide bonds. The van der Waals surface area contributed by atoms with Crippen LogP contribution >= 0.6 is 11.3 Å². The molecular formula is C18H23N5O5S. The number of morpholine rings is 1. The van der Waals surface area contributed by atoms with Gasteiger partial charge < -0.3 is 19.4 Å². The number of H-pyrrole nitrogens is 1. The molecule has 0 bridgehead atoms. The van der Waals surface area contributed by atoms with Gasteiger partial charge in [-0.25, -0.2) is 9.78 Å². The maximum Gasteiger partial charge on any atom is 0.340 e. The molecule has 0 spiro atoms. The number of carbonyl (C=O) groups excluding carboxylic acids is 3. The molecule has 10 nitrogen and oxygen atoms in total. The second-order valence-electron chi connectivity index (χ2n) is 6.37. The number of ether oxygens (including phenoxy) is 2. The monoisotopic (exact) mass is 421 g/mol. The Labute approximate surface area is 171 Å². The van der Waals surface area contributed by atoms with Gasteiger partial charge in [-0.15, -0.1) is 11.3 Å². The smallest absolute Gasteiger partial charge is 0.340 e. The molecule has 0 aliphatic carbocycles.